The Hall–Kier alpha value is -1.15. The second-order valence-electron chi connectivity index (χ2n) is 2.83. The molecule has 66 valence electrons. The van der Waals surface area contributed by atoms with Crippen LogP contribution in [0.1, 0.15) is 5.56 Å². The smallest absolute Gasteiger partial charge is 0.0470 e. The molecule has 0 aromatic heterocycles. The molecule has 0 N–H and O–H groups in total. The largest absolute Gasteiger partial charge is 0.315 e. The molecule has 1 heterocycles. The zero-order valence-electron chi connectivity index (χ0n) is 7.31. The fourth-order valence-electron chi connectivity index (χ4n) is 1.25. The molecule has 0 atom stereocenters. The van der Waals surface area contributed by atoms with Crippen LogP contribution in [-0.2, 0) is 0 Å². The molecule has 0 fully saturated rings. The first-order valence-corrected chi connectivity index (χ1v) is 5.00. The SMILES string of the molecule is C=CCN1C=Cc2ccccc2S1. The van der Waals surface area contributed by atoms with Crippen molar-refractivity contribution >= 4 is 18.0 Å². The van der Waals surface area contributed by atoms with Gasteiger partial charge in [-0.05, 0) is 29.7 Å². The van der Waals surface area contributed by atoms with E-state index < -0.39 is 0 Å². The molecule has 0 spiro atoms. The summed E-state index contributed by atoms with van der Waals surface area (Å²) in [4.78, 5) is 1.31. The van der Waals surface area contributed by atoms with Crippen molar-refractivity contribution in [3.63, 3.8) is 0 Å². The molecular formula is C11H11NS. The minimum absolute atomic E-state index is 0.884. The van der Waals surface area contributed by atoms with Gasteiger partial charge in [0.2, 0.25) is 0 Å². The van der Waals surface area contributed by atoms with Crippen LogP contribution in [0.4, 0.5) is 0 Å². The van der Waals surface area contributed by atoms with Crippen LogP contribution in [0.5, 0.6) is 0 Å². The monoisotopic (exact) mass is 189 g/mol. The van der Waals surface area contributed by atoms with Gasteiger partial charge in [-0.25, -0.2) is 0 Å². The lowest BCUT2D eigenvalue weighted by atomic mass is 10.2. The number of hydrogen-bond donors (Lipinski definition) is 0. The lowest BCUT2D eigenvalue weighted by Gasteiger charge is -2.21. The van der Waals surface area contributed by atoms with Crippen LogP contribution in [0.2, 0.25) is 0 Å². The Balaban J connectivity index is 2.23. The third-order valence-electron chi connectivity index (χ3n) is 1.86. The molecule has 0 bridgehead atoms. The molecule has 1 nitrogen and oxygen atoms in total. The van der Waals surface area contributed by atoms with Gasteiger partial charge in [0.05, 0.1) is 0 Å². The summed E-state index contributed by atoms with van der Waals surface area (Å²) < 4.78 is 2.16. The number of benzene rings is 1. The Morgan fingerprint density at radius 1 is 1.38 bits per heavy atom. The Morgan fingerprint density at radius 2 is 2.23 bits per heavy atom. The average molecular weight is 189 g/mol. The summed E-state index contributed by atoms with van der Waals surface area (Å²) in [7, 11) is 0. The maximum Gasteiger partial charge on any atom is 0.0470 e. The van der Waals surface area contributed by atoms with Gasteiger partial charge in [-0.1, -0.05) is 24.3 Å². The van der Waals surface area contributed by atoms with E-state index >= 15 is 0 Å². The summed E-state index contributed by atoms with van der Waals surface area (Å²) >= 11 is 1.76. The van der Waals surface area contributed by atoms with Crippen LogP contribution in [0.25, 0.3) is 6.08 Å². The van der Waals surface area contributed by atoms with Crippen molar-refractivity contribution in [2.45, 2.75) is 4.90 Å². The van der Waals surface area contributed by atoms with Gasteiger partial charge in [0, 0.05) is 17.6 Å². The molecule has 0 radical (unpaired) electrons. The van der Waals surface area contributed by atoms with E-state index in [4.69, 9.17) is 0 Å². The highest BCUT2D eigenvalue weighted by molar-refractivity contribution is 7.97. The fraction of sp³-hybridized carbons (Fsp3) is 0.0909. The average Bonchev–Trinajstić information content (AvgIpc) is 2.18. The maximum atomic E-state index is 3.72. The molecule has 2 rings (SSSR count). The summed E-state index contributed by atoms with van der Waals surface area (Å²) in [6.45, 7) is 4.61. The zero-order valence-corrected chi connectivity index (χ0v) is 8.13. The fourth-order valence-corrected chi connectivity index (χ4v) is 2.18. The zero-order chi connectivity index (χ0) is 9.10. The van der Waals surface area contributed by atoms with E-state index in [-0.39, 0.29) is 0 Å². The summed E-state index contributed by atoms with van der Waals surface area (Å²) in [5.74, 6) is 0. The molecule has 0 amide bonds. The van der Waals surface area contributed by atoms with Crippen LogP contribution in [0.3, 0.4) is 0 Å². The third kappa shape index (κ3) is 1.78. The van der Waals surface area contributed by atoms with Crippen molar-refractivity contribution in [1.82, 2.24) is 4.31 Å². The number of nitrogens with zero attached hydrogens (tertiary/aromatic N) is 1. The molecule has 2 heteroatoms. The number of fused-ring (bicyclic) bond motifs is 1. The van der Waals surface area contributed by atoms with Gasteiger partial charge in [-0.15, -0.1) is 6.58 Å². The first kappa shape index (κ1) is 8.45. The van der Waals surface area contributed by atoms with Crippen molar-refractivity contribution in [2.75, 3.05) is 6.54 Å². The van der Waals surface area contributed by atoms with E-state index in [2.05, 4.69) is 47.4 Å². The quantitative estimate of drug-likeness (QED) is 0.519. The van der Waals surface area contributed by atoms with Crippen LogP contribution in [0, 0.1) is 0 Å². The summed E-state index contributed by atoms with van der Waals surface area (Å²) in [5.41, 5.74) is 1.30. The van der Waals surface area contributed by atoms with E-state index in [9.17, 15) is 0 Å². The molecule has 1 aliphatic rings. The van der Waals surface area contributed by atoms with Crippen molar-refractivity contribution in [3.05, 3.63) is 48.7 Å². The lowest BCUT2D eigenvalue weighted by molar-refractivity contribution is 0.698. The Labute approximate surface area is 82.9 Å². The van der Waals surface area contributed by atoms with Gasteiger partial charge < -0.3 is 4.31 Å². The van der Waals surface area contributed by atoms with Gasteiger partial charge in [-0.3, -0.25) is 0 Å². The second kappa shape index (κ2) is 3.71. The van der Waals surface area contributed by atoms with Crippen molar-refractivity contribution in [3.8, 4) is 0 Å². The van der Waals surface area contributed by atoms with E-state index in [1.165, 1.54) is 10.5 Å². The first-order chi connectivity index (χ1) is 6.40. The van der Waals surface area contributed by atoms with Crippen molar-refractivity contribution in [1.29, 1.82) is 0 Å². The van der Waals surface area contributed by atoms with E-state index in [0.29, 0.717) is 0 Å². The predicted octanol–water partition coefficient (Wildman–Crippen LogP) is 3.17. The van der Waals surface area contributed by atoms with Crippen molar-refractivity contribution in [2.24, 2.45) is 0 Å². The van der Waals surface area contributed by atoms with Crippen LogP contribution in [0.15, 0.2) is 48.0 Å². The summed E-state index contributed by atoms with van der Waals surface area (Å²) in [6, 6.07) is 8.40. The highest BCUT2D eigenvalue weighted by atomic mass is 32.2. The van der Waals surface area contributed by atoms with Gasteiger partial charge in [-0.2, -0.15) is 0 Å². The van der Waals surface area contributed by atoms with Crippen LogP contribution < -0.4 is 0 Å². The van der Waals surface area contributed by atoms with Crippen molar-refractivity contribution < 1.29 is 0 Å². The molecular weight excluding hydrogens is 178 g/mol. The van der Waals surface area contributed by atoms with E-state index in [1.807, 2.05) is 6.08 Å². The molecule has 13 heavy (non-hydrogen) atoms. The predicted molar refractivity (Wildman–Crippen MR) is 58.2 cm³/mol. The van der Waals surface area contributed by atoms with E-state index in [1.54, 1.807) is 11.9 Å². The van der Waals surface area contributed by atoms with E-state index in [0.717, 1.165) is 6.54 Å². The Bertz CT molecular complexity index is 344. The van der Waals surface area contributed by atoms with Gasteiger partial charge >= 0.3 is 0 Å². The van der Waals surface area contributed by atoms with Gasteiger partial charge in [0.1, 0.15) is 0 Å². The standard InChI is InChI=1S/C11H11NS/c1-2-8-12-9-7-10-5-3-4-6-11(10)13-12/h2-7,9H,1,8H2. The Kier molecular flexibility index (Phi) is 2.41. The van der Waals surface area contributed by atoms with Gasteiger partial charge in [0.15, 0.2) is 0 Å². The number of hydrogen-bond acceptors (Lipinski definition) is 2. The maximum absolute atomic E-state index is 3.72. The second-order valence-corrected chi connectivity index (χ2v) is 3.92. The number of rotatable bonds is 2. The third-order valence-corrected chi connectivity index (χ3v) is 2.94. The molecule has 1 aromatic carbocycles. The van der Waals surface area contributed by atoms with Crippen LogP contribution >= 0.6 is 11.9 Å². The summed E-state index contributed by atoms with van der Waals surface area (Å²) in [6.07, 6.45) is 6.13. The molecule has 0 saturated carbocycles. The molecule has 0 unspecified atom stereocenters. The first-order valence-electron chi connectivity index (χ1n) is 4.23. The highest BCUT2D eigenvalue weighted by Crippen LogP contribution is 2.31. The minimum atomic E-state index is 0.884. The molecule has 1 aliphatic heterocycles. The topological polar surface area (TPSA) is 3.24 Å². The minimum Gasteiger partial charge on any atom is -0.315 e. The molecule has 0 aliphatic carbocycles. The summed E-state index contributed by atoms with van der Waals surface area (Å²) in [5, 5.41) is 0. The van der Waals surface area contributed by atoms with Crippen LogP contribution in [-0.4, -0.2) is 10.8 Å². The normalized spacial score (nSPS) is 14.0. The Morgan fingerprint density at radius 3 is 3.08 bits per heavy atom. The molecule has 1 aromatic rings. The highest BCUT2D eigenvalue weighted by Gasteiger charge is 2.08. The van der Waals surface area contributed by atoms with Gasteiger partial charge in [0.25, 0.3) is 0 Å². The lowest BCUT2D eigenvalue weighted by Crippen LogP contribution is -2.09. The molecule has 0 saturated heterocycles.